The number of hydrogen-bond donors (Lipinski definition) is 0. The third-order valence-electron chi connectivity index (χ3n) is 2.43. The SMILES string of the molecule is CCN(C)CCC(=O)c1ccccc1Cl. The van der Waals surface area contributed by atoms with E-state index in [1.165, 1.54) is 0 Å². The van der Waals surface area contributed by atoms with E-state index in [0.717, 1.165) is 13.1 Å². The quantitative estimate of drug-likeness (QED) is 0.719. The van der Waals surface area contributed by atoms with Crippen LogP contribution in [0.3, 0.4) is 0 Å². The first kappa shape index (κ1) is 12.2. The van der Waals surface area contributed by atoms with Gasteiger partial charge in [-0.1, -0.05) is 30.7 Å². The summed E-state index contributed by atoms with van der Waals surface area (Å²) in [7, 11) is 2.00. The molecule has 0 aliphatic rings. The number of carbonyl (C=O) groups is 1. The van der Waals surface area contributed by atoms with Gasteiger partial charge in [-0.25, -0.2) is 0 Å². The molecule has 82 valence electrons. The maximum Gasteiger partial charge on any atom is 0.165 e. The lowest BCUT2D eigenvalue weighted by molar-refractivity contribution is 0.0970. The summed E-state index contributed by atoms with van der Waals surface area (Å²) < 4.78 is 0. The first-order valence-electron chi connectivity index (χ1n) is 5.11. The van der Waals surface area contributed by atoms with Crippen molar-refractivity contribution in [3.63, 3.8) is 0 Å². The van der Waals surface area contributed by atoms with Crippen molar-refractivity contribution in [1.29, 1.82) is 0 Å². The molecule has 0 fully saturated rings. The molecule has 0 bridgehead atoms. The molecule has 2 nitrogen and oxygen atoms in total. The summed E-state index contributed by atoms with van der Waals surface area (Å²) in [6, 6.07) is 7.19. The highest BCUT2D eigenvalue weighted by molar-refractivity contribution is 6.33. The van der Waals surface area contributed by atoms with E-state index in [-0.39, 0.29) is 5.78 Å². The van der Waals surface area contributed by atoms with E-state index < -0.39 is 0 Å². The van der Waals surface area contributed by atoms with Gasteiger partial charge < -0.3 is 4.90 Å². The summed E-state index contributed by atoms with van der Waals surface area (Å²) in [5.41, 5.74) is 0.628. The number of carbonyl (C=O) groups excluding carboxylic acids is 1. The van der Waals surface area contributed by atoms with Gasteiger partial charge in [-0.05, 0) is 25.7 Å². The van der Waals surface area contributed by atoms with Crippen LogP contribution in [0.2, 0.25) is 5.02 Å². The van der Waals surface area contributed by atoms with Gasteiger partial charge in [0.1, 0.15) is 0 Å². The lowest BCUT2D eigenvalue weighted by Gasteiger charge is -2.12. The van der Waals surface area contributed by atoms with Crippen molar-refractivity contribution < 1.29 is 4.79 Å². The van der Waals surface area contributed by atoms with Crippen molar-refractivity contribution >= 4 is 17.4 Å². The number of nitrogens with zero attached hydrogens (tertiary/aromatic N) is 1. The van der Waals surface area contributed by atoms with Crippen LogP contribution in [0.4, 0.5) is 0 Å². The second kappa shape index (κ2) is 5.89. The second-order valence-corrected chi connectivity index (χ2v) is 3.96. The maximum absolute atomic E-state index is 11.8. The fourth-order valence-electron chi connectivity index (χ4n) is 1.27. The Hall–Kier alpha value is -0.860. The molecule has 0 amide bonds. The van der Waals surface area contributed by atoms with Gasteiger partial charge in [0.05, 0.1) is 5.02 Å². The topological polar surface area (TPSA) is 20.3 Å². The first-order valence-corrected chi connectivity index (χ1v) is 5.49. The molecule has 0 saturated carbocycles. The molecule has 1 rings (SSSR count). The van der Waals surface area contributed by atoms with E-state index in [1.54, 1.807) is 12.1 Å². The number of Topliss-reactive ketones (excluding diaryl/α,β-unsaturated/α-hetero) is 1. The fourth-order valence-corrected chi connectivity index (χ4v) is 1.51. The van der Waals surface area contributed by atoms with Crippen LogP contribution >= 0.6 is 11.6 Å². The minimum absolute atomic E-state index is 0.112. The fraction of sp³-hybridized carbons (Fsp3) is 0.417. The molecule has 0 saturated heterocycles. The first-order chi connectivity index (χ1) is 7.15. The average molecular weight is 226 g/mol. The summed E-state index contributed by atoms with van der Waals surface area (Å²) >= 11 is 5.93. The van der Waals surface area contributed by atoms with Gasteiger partial charge in [-0.3, -0.25) is 4.79 Å². The molecule has 1 aromatic rings. The highest BCUT2D eigenvalue weighted by Gasteiger charge is 2.09. The van der Waals surface area contributed by atoms with Gasteiger partial charge in [-0.2, -0.15) is 0 Å². The molecule has 3 heteroatoms. The Labute approximate surface area is 95.8 Å². The largest absolute Gasteiger partial charge is 0.306 e. The molecule has 0 atom stereocenters. The van der Waals surface area contributed by atoms with Gasteiger partial charge in [0.25, 0.3) is 0 Å². The zero-order chi connectivity index (χ0) is 11.3. The number of benzene rings is 1. The van der Waals surface area contributed by atoms with Gasteiger partial charge in [0.15, 0.2) is 5.78 Å². The molecule has 0 heterocycles. The van der Waals surface area contributed by atoms with Crippen LogP contribution in [-0.4, -0.2) is 30.8 Å². The molecule has 0 unspecified atom stereocenters. The summed E-state index contributed by atoms with van der Waals surface area (Å²) in [4.78, 5) is 13.9. The maximum atomic E-state index is 11.8. The van der Waals surface area contributed by atoms with Crippen LogP contribution in [-0.2, 0) is 0 Å². The Morgan fingerprint density at radius 2 is 2.07 bits per heavy atom. The van der Waals surface area contributed by atoms with Crippen LogP contribution < -0.4 is 0 Å². The van der Waals surface area contributed by atoms with Crippen molar-refractivity contribution in [2.75, 3.05) is 20.1 Å². The van der Waals surface area contributed by atoms with Crippen molar-refractivity contribution in [3.8, 4) is 0 Å². The smallest absolute Gasteiger partial charge is 0.165 e. The van der Waals surface area contributed by atoms with Gasteiger partial charge in [0, 0.05) is 18.5 Å². The predicted octanol–water partition coefficient (Wildman–Crippen LogP) is 2.86. The monoisotopic (exact) mass is 225 g/mol. The minimum atomic E-state index is 0.112. The molecule has 0 aliphatic heterocycles. The zero-order valence-electron chi connectivity index (χ0n) is 9.16. The zero-order valence-corrected chi connectivity index (χ0v) is 9.92. The van der Waals surface area contributed by atoms with E-state index in [4.69, 9.17) is 11.6 Å². The van der Waals surface area contributed by atoms with Crippen LogP contribution in [0.25, 0.3) is 0 Å². The Kier molecular flexibility index (Phi) is 4.79. The number of ketones is 1. The van der Waals surface area contributed by atoms with Gasteiger partial charge in [0.2, 0.25) is 0 Å². The summed E-state index contributed by atoms with van der Waals surface area (Å²) in [6.07, 6.45) is 0.522. The van der Waals surface area contributed by atoms with Crippen molar-refractivity contribution in [2.45, 2.75) is 13.3 Å². The Balaban J connectivity index is 2.58. The normalized spacial score (nSPS) is 10.7. The molecule has 0 spiro atoms. The molecule has 0 aliphatic carbocycles. The van der Waals surface area contributed by atoms with E-state index >= 15 is 0 Å². The van der Waals surface area contributed by atoms with Crippen LogP contribution in [0.1, 0.15) is 23.7 Å². The summed E-state index contributed by atoms with van der Waals surface area (Å²) in [5, 5.41) is 0.543. The van der Waals surface area contributed by atoms with Gasteiger partial charge in [-0.15, -0.1) is 0 Å². The Morgan fingerprint density at radius 3 is 2.67 bits per heavy atom. The van der Waals surface area contributed by atoms with Crippen LogP contribution in [0, 0.1) is 0 Å². The van der Waals surface area contributed by atoms with Crippen LogP contribution in [0.5, 0.6) is 0 Å². The Morgan fingerprint density at radius 1 is 1.40 bits per heavy atom. The molecular formula is C12H16ClNO. The standard InChI is InChI=1S/C12H16ClNO/c1-3-14(2)9-8-12(15)10-6-4-5-7-11(10)13/h4-7H,3,8-9H2,1-2H3. The summed E-state index contributed by atoms with van der Waals surface area (Å²) in [6.45, 7) is 3.80. The molecular weight excluding hydrogens is 210 g/mol. The number of halogens is 1. The van der Waals surface area contributed by atoms with Crippen molar-refractivity contribution in [3.05, 3.63) is 34.9 Å². The van der Waals surface area contributed by atoms with Crippen molar-refractivity contribution in [1.82, 2.24) is 4.90 Å². The lowest BCUT2D eigenvalue weighted by atomic mass is 10.1. The van der Waals surface area contributed by atoms with E-state index in [9.17, 15) is 4.79 Å². The van der Waals surface area contributed by atoms with E-state index in [2.05, 4.69) is 11.8 Å². The third kappa shape index (κ3) is 3.65. The minimum Gasteiger partial charge on any atom is -0.306 e. The van der Waals surface area contributed by atoms with E-state index in [1.807, 2.05) is 19.2 Å². The van der Waals surface area contributed by atoms with E-state index in [0.29, 0.717) is 17.0 Å². The molecule has 0 radical (unpaired) electrons. The number of hydrogen-bond acceptors (Lipinski definition) is 2. The average Bonchev–Trinajstić information content (AvgIpc) is 2.26. The molecule has 0 aromatic heterocycles. The summed E-state index contributed by atoms with van der Waals surface area (Å²) in [5.74, 6) is 0.112. The van der Waals surface area contributed by atoms with Crippen LogP contribution in [0.15, 0.2) is 24.3 Å². The van der Waals surface area contributed by atoms with Gasteiger partial charge >= 0.3 is 0 Å². The highest BCUT2D eigenvalue weighted by atomic mass is 35.5. The molecule has 15 heavy (non-hydrogen) atoms. The molecule has 0 N–H and O–H groups in total. The van der Waals surface area contributed by atoms with Crippen molar-refractivity contribution in [2.24, 2.45) is 0 Å². The highest BCUT2D eigenvalue weighted by Crippen LogP contribution is 2.16. The Bertz CT molecular complexity index is 338. The lowest BCUT2D eigenvalue weighted by Crippen LogP contribution is -2.21. The predicted molar refractivity (Wildman–Crippen MR) is 63.6 cm³/mol. The second-order valence-electron chi connectivity index (χ2n) is 3.55. The molecule has 1 aromatic carbocycles. The third-order valence-corrected chi connectivity index (χ3v) is 2.76. The number of rotatable bonds is 5.